The minimum atomic E-state index is -0.117. The number of allylic oxidation sites excluding steroid dienone is 1. The van der Waals surface area contributed by atoms with Crippen LogP contribution in [0.2, 0.25) is 0 Å². The Labute approximate surface area is 160 Å². The molecule has 0 heterocycles. The van der Waals surface area contributed by atoms with E-state index in [0.717, 1.165) is 23.4 Å². The predicted octanol–water partition coefficient (Wildman–Crippen LogP) is 3.29. The van der Waals surface area contributed by atoms with Crippen LogP contribution in [0, 0.1) is 0 Å². The number of carbonyl (C=O) groups excluding carboxylic acids is 2. The van der Waals surface area contributed by atoms with E-state index in [0.29, 0.717) is 6.54 Å². The van der Waals surface area contributed by atoms with E-state index in [9.17, 15) is 9.59 Å². The molecule has 5 nitrogen and oxygen atoms in total. The maximum atomic E-state index is 12.2. The van der Waals surface area contributed by atoms with Gasteiger partial charge in [-0.15, -0.1) is 11.8 Å². The van der Waals surface area contributed by atoms with Gasteiger partial charge in [-0.2, -0.15) is 0 Å². The Kier molecular flexibility index (Phi) is 8.71. The molecular weight excluding hydrogens is 346 g/mol. The van der Waals surface area contributed by atoms with Crippen LogP contribution in [0.1, 0.15) is 32.1 Å². The van der Waals surface area contributed by atoms with Crippen molar-refractivity contribution >= 4 is 29.3 Å². The summed E-state index contributed by atoms with van der Waals surface area (Å²) in [6.45, 7) is 1.07. The molecule has 0 spiro atoms. The first kappa shape index (κ1) is 20.5. The first-order chi connectivity index (χ1) is 12.6. The molecule has 0 atom stereocenters. The molecule has 0 aromatic heterocycles. The summed E-state index contributed by atoms with van der Waals surface area (Å²) in [6.07, 6.45) is 10.1. The molecule has 2 amide bonds. The summed E-state index contributed by atoms with van der Waals surface area (Å²) in [6, 6.07) is 7.70. The number of likely N-dealkylation sites (N-methyl/N-ethyl adjacent to an activating group) is 1. The SMILES string of the molecule is CSc1ccccc1NC(=O)CN(C)CC(=O)NCCC1=CCCCC1. The van der Waals surface area contributed by atoms with Gasteiger partial charge in [0, 0.05) is 11.4 Å². The van der Waals surface area contributed by atoms with Gasteiger partial charge in [0.1, 0.15) is 0 Å². The standard InChI is InChI=1S/C20H29N3O2S/c1-23(14-19(24)21-13-12-16-8-4-3-5-9-16)15-20(25)22-17-10-6-7-11-18(17)26-2/h6-8,10-11H,3-5,9,12-15H2,1-2H3,(H,21,24)(H,22,25). The highest BCUT2D eigenvalue weighted by Crippen LogP contribution is 2.24. The number of hydrogen-bond donors (Lipinski definition) is 2. The molecule has 1 aromatic rings. The lowest BCUT2D eigenvalue weighted by atomic mass is 9.97. The van der Waals surface area contributed by atoms with E-state index in [-0.39, 0.29) is 24.9 Å². The molecule has 0 aliphatic heterocycles. The maximum Gasteiger partial charge on any atom is 0.238 e. The fourth-order valence-electron chi connectivity index (χ4n) is 3.03. The van der Waals surface area contributed by atoms with Gasteiger partial charge in [-0.3, -0.25) is 14.5 Å². The summed E-state index contributed by atoms with van der Waals surface area (Å²) in [5.74, 6) is -0.157. The van der Waals surface area contributed by atoms with Crippen molar-refractivity contribution in [2.75, 3.05) is 38.3 Å². The first-order valence-corrected chi connectivity index (χ1v) is 10.4. The summed E-state index contributed by atoms with van der Waals surface area (Å²) in [5, 5.41) is 5.86. The van der Waals surface area contributed by atoms with Crippen LogP contribution in [0.5, 0.6) is 0 Å². The van der Waals surface area contributed by atoms with Gasteiger partial charge < -0.3 is 10.6 Å². The molecule has 0 saturated carbocycles. The summed E-state index contributed by atoms with van der Waals surface area (Å²) in [7, 11) is 1.78. The molecule has 26 heavy (non-hydrogen) atoms. The van der Waals surface area contributed by atoms with Crippen LogP contribution in [0.3, 0.4) is 0 Å². The zero-order chi connectivity index (χ0) is 18.8. The van der Waals surface area contributed by atoms with Gasteiger partial charge in [0.15, 0.2) is 0 Å². The molecule has 142 valence electrons. The Morgan fingerprint density at radius 2 is 1.92 bits per heavy atom. The summed E-state index contributed by atoms with van der Waals surface area (Å²) in [5.41, 5.74) is 2.26. The van der Waals surface area contributed by atoms with Crippen LogP contribution < -0.4 is 10.6 Å². The smallest absolute Gasteiger partial charge is 0.238 e. The molecule has 1 aromatic carbocycles. The van der Waals surface area contributed by atoms with E-state index in [1.807, 2.05) is 30.5 Å². The lowest BCUT2D eigenvalue weighted by Gasteiger charge is -2.17. The highest BCUT2D eigenvalue weighted by molar-refractivity contribution is 7.98. The largest absolute Gasteiger partial charge is 0.355 e. The average Bonchev–Trinajstić information content (AvgIpc) is 2.62. The molecule has 1 aliphatic carbocycles. The van der Waals surface area contributed by atoms with Crippen molar-refractivity contribution in [3.05, 3.63) is 35.9 Å². The van der Waals surface area contributed by atoms with Crippen molar-refractivity contribution in [3.8, 4) is 0 Å². The van der Waals surface area contributed by atoms with Crippen molar-refractivity contribution in [1.29, 1.82) is 0 Å². The normalized spacial score (nSPS) is 14.0. The second kappa shape index (κ2) is 11.0. The molecule has 2 rings (SSSR count). The Balaban J connectivity index is 1.68. The molecule has 0 unspecified atom stereocenters. The quantitative estimate of drug-likeness (QED) is 0.514. The summed E-state index contributed by atoms with van der Waals surface area (Å²) in [4.78, 5) is 27.0. The number of hydrogen-bond acceptors (Lipinski definition) is 4. The maximum absolute atomic E-state index is 12.2. The summed E-state index contributed by atoms with van der Waals surface area (Å²) < 4.78 is 0. The van der Waals surface area contributed by atoms with Gasteiger partial charge in [0.25, 0.3) is 0 Å². The zero-order valence-corrected chi connectivity index (χ0v) is 16.5. The van der Waals surface area contributed by atoms with E-state index in [1.165, 1.54) is 24.8 Å². The number of nitrogens with zero attached hydrogens (tertiary/aromatic N) is 1. The summed E-state index contributed by atoms with van der Waals surface area (Å²) >= 11 is 1.59. The molecule has 0 radical (unpaired) electrons. The number of anilines is 1. The topological polar surface area (TPSA) is 61.4 Å². The third kappa shape index (κ3) is 7.22. The van der Waals surface area contributed by atoms with Crippen LogP contribution in [-0.4, -0.2) is 49.7 Å². The predicted molar refractivity (Wildman–Crippen MR) is 109 cm³/mol. The van der Waals surface area contributed by atoms with E-state index in [2.05, 4.69) is 16.7 Å². The van der Waals surface area contributed by atoms with Gasteiger partial charge in [0.2, 0.25) is 11.8 Å². The number of nitrogens with one attached hydrogen (secondary N) is 2. The van der Waals surface area contributed by atoms with Crippen LogP contribution in [0.15, 0.2) is 40.8 Å². The van der Waals surface area contributed by atoms with Crippen molar-refractivity contribution in [3.63, 3.8) is 0 Å². The van der Waals surface area contributed by atoms with Crippen molar-refractivity contribution in [2.45, 2.75) is 37.0 Å². The van der Waals surface area contributed by atoms with Gasteiger partial charge in [-0.25, -0.2) is 0 Å². The number of amides is 2. The second-order valence-electron chi connectivity index (χ2n) is 6.63. The molecule has 1 aliphatic rings. The van der Waals surface area contributed by atoms with Crippen molar-refractivity contribution in [1.82, 2.24) is 10.2 Å². The van der Waals surface area contributed by atoms with Crippen LogP contribution >= 0.6 is 11.8 Å². The van der Waals surface area contributed by atoms with Crippen LogP contribution in [0.25, 0.3) is 0 Å². The van der Waals surface area contributed by atoms with Gasteiger partial charge in [-0.05, 0) is 57.5 Å². The van der Waals surface area contributed by atoms with E-state index in [1.54, 1.807) is 23.7 Å². The number of rotatable bonds is 9. The second-order valence-corrected chi connectivity index (χ2v) is 7.48. The average molecular weight is 376 g/mol. The van der Waals surface area contributed by atoms with Gasteiger partial charge >= 0.3 is 0 Å². The third-order valence-corrected chi connectivity index (χ3v) is 5.16. The Morgan fingerprint density at radius 3 is 2.65 bits per heavy atom. The Morgan fingerprint density at radius 1 is 1.15 bits per heavy atom. The number of benzene rings is 1. The molecular formula is C20H29N3O2S. The molecule has 2 N–H and O–H groups in total. The van der Waals surface area contributed by atoms with E-state index < -0.39 is 0 Å². The van der Waals surface area contributed by atoms with Crippen molar-refractivity contribution in [2.24, 2.45) is 0 Å². The lowest BCUT2D eigenvalue weighted by Crippen LogP contribution is -2.39. The number of carbonyl (C=O) groups is 2. The highest BCUT2D eigenvalue weighted by atomic mass is 32.2. The number of thioether (sulfide) groups is 1. The lowest BCUT2D eigenvalue weighted by molar-refractivity contribution is -0.122. The van der Waals surface area contributed by atoms with E-state index in [4.69, 9.17) is 0 Å². The first-order valence-electron chi connectivity index (χ1n) is 9.14. The molecule has 0 saturated heterocycles. The molecule has 0 fully saturated rings. The highest BCUT2D eigenvalue weighted by Gasteiger charge is 2.12. The van der Waals surface area contributed by atoms with Crippen LogP contribution in [0.4, 0.5) is 5.69 Å². The van der Waals surface area contributed by atoms with Gasteiger partial charge in [-0.1, -0.05) is 23.8 Å². The van der Waals surface area contributed by atoms with Gasteiger partial charge in [0.05, 0.1) is 18.8 Å². The zero-order valence-electron chi connectivity index (χ0n) is 15.7. The van der Waals surface area contributed by atoms with E-state index >= 15 is 0 Å². The minimum absolute atomic E-state index is 0.0405. The Bertz CT molecular complexity index is 646. The number of para-hydroxylation sites is 1. The molecule has 6 heteroatoms. The monoisotopic (exact) mass is 375 g/mol. The third-order valence-electron chi connectivity index (χ3n) is 4.36. The molecule has 0 bridgehead atoms. The van der Waals surface area contributed by atoms with Crippen LogP contribution in [-0.2, 0) is 9.59 Å². The Hall–Kier alpha value is -1.79. The fraction of sp³-hybridized carbons (Fsp3) is 0.500. The van der Waals surface area contributed by atoms with Crippen molar-refractivity contribution < 1.29 is 9.59 Å². The fourth-order valence-corrected chi connectivity index (χ4v) is 3.59. The minimum Gasteiger partial charge on any atom is -0.355 e.